The van der Waals surface area contributed by atoms with Crippen LogP contribution < -0.4 is 0 Å². The standard InChI is InChI=1S/C17H29N4O2P/c1-18(2)10-9-15-12-21(24(23,19(3)4)20(5)6)17-8-7-14(13-22)11-16(15)17/h7-8,11-12,22H,9-10,13H2,1-6H3. The summed E-state index contributed by atoms with van der Waals surface area (Å²) in [6.07, 6.45) is 2.88. The summed E-state index contributed by atoms with van der Waals surface area (Å²) in [5.41, 5.74) is 2.96. The summed E-state index contributed by atoms with van der Waals surface area (Å²) in [5, 5.41) is 10.5. The minimum Gasteiger partial charge on any atom is -0.392 e. The second kappa shape index (κ2) is 7.38. The van der Waals surface area contributed by atoms with E-state index in [2.05, 4.69) is 4.90 Å². The summed E-state index contributed by atoms with van der Waals surface area (Å²) in [6.45, 7) is 0.921. The molecular weight excluding hydrogens is 323 g/mol. The molecule has 1 aromatic carbocycles. The molecule has 2 rings (SSSR count). The monoisotopic (exact) mass is 352 g/mol. The Morgan fingerprint density at radius 3 is 2.21 bits per heavy atom. The van der Waals surface area contributed by atoms with Crippen LogP contribution in [0.1, 0.15) is 11.1 Å². The minimum absolute atomic E-state index is 0.00720. The largest absolute Gasteiger partial charge is 0.392 e. The molecule has 2 aromatic rings. The van der Waals surface area contributed by atoms with Crippen molar-refractivity contribution in [1.82, 2.24) is 18.6 Å². The van der Waals surface area contributed by atoms with Crippen LogP contribution in [0.15, 0.2) is 24.4 Å². The maximum Gasteiger partial charge on any atom is 0.314 e. The molecule has 0 atom stereocenters. The Kier molecular flexibility index (Phi) is 5.89. The molecule has 6 nitrogen and oxygen atoms in total. The first-order valence-corrected chi connectivity index (χ1v) is 9.63. The quantitative estimate of drug-likeness (QED) is 0.775. The van der Waals surface area contributed by atoms with E-state index in [0.29, 0.717) is 0 Å². The molecule has 0 saturated heterocycles. The van der Waals surface area contributed by atoms with Crippen LogP contribution in [0.2, 0.25) is 0 Å². The van der Waals surface area contributed by atoms with Gasteiger partial charge in [-0.05, 0) is 72.0 Å². The molecule has 1 aromatic heterocycles. The molecule has 7 heteroatoms. The van der Waals surface area contributed by atoms with Gasteiger partial charge in [0.05, 0.1) is 12.1 Å². The fraction of sp³-hybridized carbons (Fsp3) is 0.529. The van der Waals surface area contributed by atoms with Gasteiger partial charge in [0, 0.05) is 18.1 Å². The molecule has 0 aliphatic rings. The summed E-state index contributed by atoms with van der Waals surface area (Å²) in [6, 6.07) is 5.86. The number of hydrogen-bond donors (Lipinski definition) is 1. The van der Waals surface area contributed by atoms with Crippen LogP contribution in [-0.2, 0) is 17.6 Å². The molecule has 0 radical (unpaired) electrons. The first-order chi connectivity index (χ1) is 11.2. The van der Waals surface area contributed by atoms with Gasteiger partial charge in [-0.1, -0.05) is 6.07 Å². The molecule has 0 aliphatic carbocycles. The van der Waals surface area contributed by atoms with Crippen molar-refractivity contribution in [2.45, 2.75) is 13.0 Å². The Balaban J connectivity index is 2.68. The fourth-order valence-corrected chi connectivity index (χ4v) is 5.16. The molecule has 0 bridgehead atoms. The predicted molar refractivity (Wildman–Crippen MR) is 100 cm³/mol. The summed E-state index contributed by atoms with van der Waals surface area (Å²) in [4.78, 5) is 2.14. The van der Waals surface area contributed by atoms with E-state index >= 15 is 0 Å². The number of benzene rings is 1. The highest BCUT2D eigenvalue weighted by atomic mass is 31.2. The number of aliphatic hydroxyl groups is 1. The molecule has 134 valence electrons. The third kappa shape index (κ3) is 3.44. The van der Waals surface area contributed by atoms with Crippen molar-refractivity contribution in [2.24, 2.45) is 0 Å². The number of likely N-dealkylation sites (N-methyl/N-ethyl adjacent to an activating group) is 1. The topological polar surface area (TPSA) is 52.0 Å². The number of aromatic nitrogens is 1. The van der Waals surface area contributed by atoms with E-state index in [-0.39, 0.29) is 6.61 Å². The first kappa shape index (κ1) is 19.2. The van der Waals surface area contributed by atoms with Crippen molar-refractivity contribution < 1.29 is 9.67 Å². The number of rotatable bonds is 7. The highest BCUT2D eigenvalue weighted by Gasteiger charge is 2.32. The van der Waals surface area contributed by atoms with Crippen molar-refractivity contribution in [2.75, 3.05) is 48.8 Å². The van der Waals surface area contributed by atoms with Gasteiger partial charge in [0.25, 0.3) is 0 Å². The molecule has 1 heterocycles. The van der Waals surface area contributed by atoms with Gasteiger partial charge in [-0.15, -0.1) is 0 Å². The zero-order valence-electron chi connectivity index (χ0n) is 15.5. The van der Waals surface area contributed by atoms with Crippen LogP contribution in [-0.4, -0.2) is 72.5 Å². The lowest BCUT2D eigenvalue weighted by atomic mass is 10.1. The number of hydrogen-bond acceptors (Lipinski definition) is 3. The average molecular weight is 352 g/mol. The zero-order valence-corrected chi connectivity index (χ0v) is 16.4. The highest BCUT2D eigenvalue weighted by Crippen LogP contribution is 2.53. The van der Waals surface area contributed by atoms with E-state index < -0.39 is 7.59 Å². The third-order valence-corrected chi connectivity index (χ3v) is 7.24. The average Bonchev–Trinajstić information content (AvgIpc) is 2.89. The summed E-state index contributed by atoms with van der Waals surface area (Å²) in [7, 11) is 8.55. The lowest BCUT2D eigenvalue weighted by Gasteiger charge is -2.31. The van der Waals surface area contributed by atoms with Crippen molar-refractivity contribution in [3.8, 4) is 0 Å². The number of aliphatic hydroxyl groups excluding tert-OH is 1. The van der Waals surface area contributed by atoms with Gasteiger partial charge >= 0.3 is 7.59 Å². The van der Waals surface area contributed by atoms with E-state index in [1.54, 1.807) is 9.34 Å². The normalized spacial score (nSPS) is 12.9. The van der Waals surface area contributed by atoms with Crippen LogP contribution in [0.3, 0.4) is 0 Å². The SMILES string of the molecule is CN(C)CCc1cn(P(=O)(N(C)C)N(C)C)c2ccc(CO)cc12. The summed E-state index contributed by atoms with van der Waals surface area (Å²) in [5.74, 6) is 0. The maximum atomic E-state index is 13.7. The van der Waals surface area contributed by atoms with Gasteiger partial charge < -0.3 is 10.0 Å². The second-order valence-corrected chi connectivity index (χ2v) is 9.83. The van der Waals surface area contributed by atoms with E-state index in [4.69, 9.17) is 0 Å². The molecular formula is C17H29N4O2P. The van der Waals surface area contributed by atoms with Gasteiger partial charge in [-0.25, -0.2) is 9.34 Å². The van der Waals surface area contributed by atoms with Gasteiger partial charge in [0.1, 0.15) is 0 Å². The smallest absolute Gasteiger partial charge is 0.314 e. The van der Waals surface area contributed by atoms with Gasteiger partial charge in [0.15, 0.2) is 0 Å². The second-order valence-electron chi connectivity index (χ2n) is 6.77. The van der Waals surface area contributed by atoms with Gasteiger partial charge in [0.2, 0.25) is 0 Å². The molecule has 0 amide bonds. The van der Waals surface area contributed by atoms with Crippen LogP contribution >= 0.6 is 7.59 Å². The molecule has 0 aliphatic heterocycles. The van der Waals surface area contributed by atoms with Crippen LogP contribution in [0.25, 0.3) is 10.9 Å². The van der Waals surface area contributed by atoms with Crippen molar-refractivity contribution in [3.63, 3.8) is 0 Å². The van der Waals surface area contributed by atoms with Crippen molar-refractivity contribution in [3.05, 3.63) is 35.5 Å². The maximum absolute atomic E-state index is 13.7. The minimum atomic E-state index is -2.90. The lowest BCUT2D eigenvalue weighted by Crippen LogP contribution is -2.25. The van der Waals surface area contributed by atoms with Gasteiger partial charge in [-0.2, -0.15) is 0 Å². The zero-order chi connectivity index (χ0) is 18.1. The van der Waals surface area contributed by atoms with Gasteiger partial charge in [-0.3, -0.25) is 8.90 Å². The fourth-order valence-electron chi connectivity index (χ4n) is 2.93. The first-order valence-electron chi connectivity index (χ1n) is 8.06. The van der Waals surface area contributed by atoms with Crippen molar-refractivity contribution in [1.29, 1.82) is 0 Å². The van der Waals surface area contributed by atoms with Crippen LogP contribution in [0, 0.1) is 0 Å². The highest BCUT2D eigenvalue weighted by molar-refractivity contribution is 7.57. The Bertz CT molecular complexity index is 740. The van der Waals surface area contributed by atoms with Crippen LogP contribution in [0.4, 0.5) is 0 Å². The Labute approximate surface area is 144 Å². The Morgan fingerprint density at radius 2 is 1.71 bits per heavy atom. The number of fused-ring (bicyclic) bond motifs is 1. The molecule has 0 spiro atoms. The number of nitrogens with zero attached hydrogens (tertiary/aromatic N) is 4. The Hall–Kier alpha value is -1.17. The lowest BCUT2D eigenvalue weighted by molar-refractivity contribution is 0.282. The van der Waals surface area contributed by atoms with Crippen molar-refractivity contribution >= 4 is 18.5 Å². The molecule has 0 fully saturated rings. The molecule has 1 N–H and O–H groups in total. The third-order valence-electron chi connectivity index (χ3n) is 4.27. The summed E-state index contributed by atoms with van der Waals surface area (Å²) < 4.78 is 19.1. The van der Waals surface area contributed by atoms with E-state index in [1.807, 2.05) is 71.0 Å². The predicted octanol–water partition coefficient (Wildman–Crippen LogP) is 2.32. The van der Waals surface area contributed by atoms with E-state index in [0.717, 1.165) is 35.0 Å². The van der Waals surface area contributed by atoms with E-state index in [1.165, 1.54) is 0 Å². The van der Waals surface area contributed by atoms with E-state index in [9.17, 15) is 9.67 Å². The molecule has 0 saturated carbocycles. The molecule has 24 heavy (non-hydrogen) atoms. The van der Waals surface area contributed by atoms with Crippen LogP contribution in [0.5, 0.6) is 0 Å². The molecule has 0 unspecified atom stereocenters. The summed E-state index contributed by atoms with van der Waals surface area (Å²) >= 11 is 0. The Morgan fingerprint density at radius 1 is 1.08 bits per heavy atom.